The predicted molar refractivity (Wildman–Crippen MR) is 150 cm³/mol. The Hall–Kier alpha value is -3.68. The van der Waals surface area contributed by atoms with Gasteiger partial charge in [0.05, 0.1) is 28.9 Å². The van der Waals surface area contributed by atoms with E-state index in [4.69, 9.17) is 22.1 Å². The summed E-state index contributed by atoms with van der Waals surface area (Å²) in [7, 11) is 0. The molecule has 0 radical (unpaired) electrons. The monoisotopic (exact) mass is 511 g/mol. The van der Waals surface area contributed by atoms with Crippen molar-refractivity contribution in [1.29, 1.82) is 0 Å². The van der Waals surface area contributed by atoms with Gasteiger partial charge in [0.1, 0.15) is 10.1 Å². The molecule has 1 saturated heterocycles. The number of aromatic nitrogens is 2. The maximum atomic E-state index is 13.5. The molecule has 1 amide bonds. The summed E-state index contributed by atoms with van der Waals surface area (Å²) in [6, 6.07) is 27.6. The minimum absolute atomic E-state index is 0.0912. The third-order valence-electron chi connectivity index (χ3n) is 5.98. The van der Waals surface area contributed by atoms with Crippen LogP contribution in [0, 0.1) is 0 Å². The van der Waals surface area contributed by atoms with Gasteiger partial charge in [-0.2, -0.15) is 5.10 Å². The van der Waals surface area contributed by atoms with Crippen molar-refractivity contribution in [2.45, 2.75) is 19.9 Å². The number of para-hydroxylation sites is 1. The van der Waals surface area contributed by atoms with Gasteiger partial charge in [0.15, 0.2) is 0 Å². The Kier molecular flexibility index (Phi) is 7.02. The largest absolute Gasteiger partial charge is 0.494 e. The van der Waals surface area contributed by atoms with Crippen molar-refractivity contribution in [3.05, 3.63) is 107 Å². The molecule has 5 nitrogen and oxygen atoms in total. The molecule has 3 aromatic carbocycles. The van der Waals surface area contributed by atoms with Gasteiger partial charge in [-0.15, -0.1) is 0 Å². The molecule has 7 heteroatoms. The number of thioether (sulfide) groups is 1. The van der Waals surface area contributed by atoms with E-state index in [1.54, 1.807) is 4.90 Å². The molecule has 0 bridgehead atoms. The third-order valence-corrected chi connectivity index (χ3v) is 7.31. The van der Waals surface area contributed by atoms with Crippen LogP contribution in [0.3, 0.4) is 0 Å². The Morgan fingerprint density at radius 2 is 1.67 bits per heavy atom. The van der Waals surface area contributed by atoms with E-state index >= 15 is 0 Å². The minimum atomic E-state index is -0.151. The lowest BCUT2D eigenvalue weighted by Gasteiger charge is -2.23. The van der Waals surface area contributed by atoms with Crippen molar-refractivity contribution in [2.24, 2.45) is 0 Å². The highest BCUT2D eigenvalue weighted by Gasteiger charge is 2.36. The topological polar surface area (TPSA) is 47.4 Å². The average Bonchev–Trinajstić information content (AvgIpc) is 3.45. The van der Waals surface area contributed by atoms with Gasteiger partial charge in [-0.3, -0.25) is 9.69 Å². The molecule has 0 aliphatic carbocycles. The summed E-state index contributed by atoms with van der Waals surface area (Å²) in [5.41, 5.74) is 4.54. The van der Waals surface area contributed by atoms with Crippen LogP contribution in [0.15, 0.2) is 96.0 Å². The fourth-order valence-corrected chi connectivity index (χ4v) is 5.55. The van der Waals surface area contributed by atoms with Gasteiger partial charge >= 0.3 is 0 Å². The summed E-state index contributed by atoms with van der Waals surface area (Å²) in [5, 5.41) is 4.88. The Bertz CT molecular complexity index is 1410. The maximum absolute atomic E-state index is 13.5. The normalized spacial score (nSPS) is 15.5. The number of thiocarbonyl (C=S) groups is 1. The van der Waals surface area contributed by atoms with Crippen molar-refractivity contribution in [2.75, 3.05) is 6.61 Å². The van der Waals surface area contributed by atoms with E-state index in [2.05, 4.69) is 0 Å². The Balaban J connectivity index is 1.53. The molecule has 0 N–H and O–H groups in total. The molecule has 1 atom stereocenters. The summed E-state index contributed by atoms with van der Waals surface area (Å²) < 4.78 is 7.99. The van der Waals surface area contributed by atoms with Crippen LogP contribution in [-0.4, -0.2) is 31.5 Å². The lowest BCUT2D eigenvalue weighted by atomic mass is 10.1. The summed E-state index contributed by atoms with van der Waals surface area (Å²) in [5.74, 6) is 0.715. The second kappa shape index (κ2) is 10.5. The smallest absolute Gasteiger partial charge is 0.266 e. The average molecular weight is 512 g/mol. The van der Waals surface area contributed by atoms with Gasteiger partial charge in [0.25, 0.3) is 5.91 Å². The molecular formula is C29H25N3O2S2. The van der Waals surface area contributed by atoms with Gasteiger partial charge in [-0.1, -0.05) is 72.5 Å². The Morgan fingerprint density at radius 1 is 1.00 bits per heavy atom. The maximum Gasteiger partial charge on any atom is 0.266 e. The van der Waals surface area contributed by atoms with Crippen LogP contribution in [-0.2, 0) is 4.79 Å². The SMILES string of the molecule is CCOc1ccc(-c2nn(-c3ccccc3)cc2/C=C2\SC(=S)N(C(C)c3ccccc3)C2=O)cc1. The molecular weight excluding hydrogens is 486 g/mol. The van der Waals surface area contributed by atoms with Crippen molar-refractivity contribution in [1.82, 2.24) is 14.7 Å². The lowest BCUT2D eigenvalue weighted by molar-refractivity contribution is -0.123. The van der Waals surface area contributed by atoms with Crippen LogP contribution in [0.5, 0.6) is 5.75 Å². The highest BCUT2D eigenvalue weighted by molar-refractivity contribution is 8.26. The number of ether oxygens (including phenoxy) is 1. The first kappa shape index (κ1) is 24.0. The highest BCUT2D eigenvalue weighted by Crippen LogP contribution is 2.39. The quantitative estimate of drug-likeness (QED) is 0.199. The molecule has 2 heterocycles. The van der Waals surface area contributed by atoms with E-state index in [1.807, 2.05) is 116 Å². The number of rotatable bonds is 7. The second-order valence-corrected chi connectivity index (χ2v) is 9.98. The zero-order valence-electron chi connectivity index (χ0n) is 20.0. The first-order valence-electron chi connectivity index (χ1n) is 11.8. The number of nitrogens with zero attached hydrogens (tertiary/aromatic N) is 3. The number of carbonyl (C=O) groups is 1. The molecule has 1 aromatic heterocycles. The molecule has 1 aliphatic heterocycles. The van der Waals surface area contributed by atoms with Gasteiger partial charge < -0.3 is 4.74 Å². The summed E-state index contributed by atoms with van der Waals surface area (Å²) in [6.07, 6.45) is 3.85. The molecule has 36 heavy (non-hydrogen) atoms. The standard InChI is InChI=1S/C29H25N3O2S2/c1-3-34-25-16-14-22(15-17-25)27-23(19-31(30-27)24-12-8-5-9-13-24)18-26-28(33)32(29(35)36-26)20(2)21-10-6-4-7-11-21/h4-20H,3H2,1-2H3/b26-18-. The van der Waals surface area contributed by atoms with Crippen molar-refractivity contribution < 1.29 is 9.53 Å². The number of carbonyl (C=O) groups excluding carboxylic acids is 1. The fourth-order valence-electron chi connectivity index (χ4n) is 4.14. The lowest BCUT2D eigenvalue weighted by Crippen LogP contribution is -2.30. The number of hydrogen-bond acceptors (Lipinski definition) is 5. The minimum Gasteiger partial charge on any atom is -0.494 e. The van der Waals surface area contributed by atoms with Crippen LogP contribution in [0.2, 0.25) is 0 Å². The van der Waals surface area contributed by atoms with E-state index in [0.29, 0.717) is 15.8 Å². The number of amides is 1. The molecule has 1 unspecified atom stereocenters. The van der Waals surface area contributed by atoms with Gasteiger partial charge in [-0.25, -0.2) is 4.68 Å². The molecule has 1 aliphatic rings. The molecule has 0 spiro atoms. The third kappa shape index (κ3) is 4.85. The summed E-state index contributed by atoms with van der Waals surface area (Å²) >= 11 is 6.96. The molecule has 1 fully saturated rings. The highest BCUT2D eigenvalue weighted by atomic mass is 32.2. The van der Waals surface area contributed by atoms with Crippen molar-refractivity contribution >= 4 is 40.3 Å². The molecule has 0 saturated carbocycles. The van der Waals surface area contributed by atoms with Gasteiger partial charge in [-0.05, 0) is 61.9 Å². The van der Waals surface area contributed by atoms with Gasteiger partial charge in [0.2, 0.25) is 0 Å². The van der Waals surface area contributed by atoms with Gasteiger partial charge in [0, 0.05) is 17.3 Å². The molecule has 180 valence electrons. The Morgan fingerprint density at radius 3 is 2.33 bits per heavy atom. The molecule has 4 aromatic rings. The van der Waals surface area contributed by atoms with E-state index in [1.165, 1.54) is 11.8 Å². The van der Waals surface area contributed by atoms with E-state index < -0.39 is 0 Å². The van der Waals surface area contributed by atoms with Crippen LogP contribution in [0.1, 0.15) is 31.0 Å². The first-order valence-corrected chi connectivity index (χ1v) is 13.0. The van der Waals surface area contributed by atoms with Crippen LogP contribution in [0.25, 0.3) is 23.0 Å². The summed E-state index contributed by atoms with van der Waals surface area (Å²) in [6.45, 7) is 4.57. The number of hydrogen-bond donors (Lipinski definition) is 0. The van der Waals surface area contributed by atoms with E-state index in [-0.39, 0.29) is 11.9 Å². The molecule has 5 rings (SSSR count). The summed E-state index contributed by atoms with van der Waals surface area (Å²) in [4.78, 5) is 15.8. The van der Waals surface area contributed by atoms with Crippen molar-refractivity contribution in [3.63, 3.8) is 0 Å². The zero-order chi connectivity index (χ0) is 25.1. The predicted octanol–water partition coefficient (Wildman–Crippen LogP) is 6.90. The van der Waals surface area contributed by atoms with Crippen LogP contribution in [0.4, 0.5) is 0 Å². The first-order chi connectivity index (χ1) is 17.5. The zero-order valence-corrected chi connectivity index (χ0v) is 21.6. The van der Waals surface area contributed by atoms with Crippen LogP contribution >= 0.6 is 24.0 Å². The Labute approximate surface area is 220 Å². The van der Waals surface area contributed by atoms with E-state index in [0.717, 1.165) is 33.8 Å². The van der Waals surface area contributed by atoms with E-state index in [9.17, 15) is 4.79 Å². The second-order valence-electron chi connectivity index (χ2n) is 8.31. The fraction of sp³-hybridized carbons (Fsp3) is 0.138. The van der Waals surface area contributed by atoms with Crippen LogP contribution < -0.4 is 4.74 Å². The number of benzene rings is 3. The van der Waals surface area contributed by atoms with Crippen molar-refractivity contribution in [3.8, 4) is 22.7 Å².